The average molecular weight is 335 g/mol. The summed E-state index contributed by atoms with van der Waals surface area (Å²) in [5.41, 5.74) is -0.430. The molecule has 1 unspecified atom stereocenters. The standard InChI is InChI=1S/C12H15ClN2O5S/c13-11-4-3-10(6-12(11)15(16)17)21(18,19)14-7-9-2-1-5-20-8-9/h3-4,6,9,14H,1-2,5,7-8H2. The number of nitro benzene ring substituents is 1. The predicted octanol–water partition coefficient (Wildman–Crippen LogP) is 1.95. The van der Waals surface area contributed by atoms with Crippen LogP contribution in [0.15, 0.2) is 23.1 Å². The van der Waals surface area contributed by atoms with Gasteiger partial charge in [-0.2, -0.15) is 0 Å². The van der Waals surface area contributed by atoms with Crippen molar-refractivity contribution in [3.8, 4) is 0 Å². The van der Waals surface area contributed by atoms with Gasteiger partial charge in [-0.05, 0) is 30.9 Å². The summed E-state index contributed by atoms with van der Waals surface area (Å²) in [6.45, 7) is 1.47. The van der Waals surface area contributed by atoms with Gasteiger partial charge in [-0.25, -0.2) is 13.1 Å². The molecule has 1 atom stereocenters. The molecule has 0 aliphatic carbocycles. The Morgan fingerprint density at radius 1 is 1.48 bits per heavy atom. The summed E-state index contributed by atoms with van der Waals surface area (Å²) >= 11 is 5.67. The van der Waals surface area contributed by atoms with Gasteiger partial charge in [-0.3, -0.25) is 10.1 Å². The van der Waals surface area contributed by atoms with Crippen molar-refractivity contribution in [3.05, 3.63) is 33.3 Å². The molecule has 116 valence electrons. The maximum Gasteiger partial charge on any atom is 0.289 e. The van der Waals surface area contributed by atoms with Crippen molar-refractivity contribution in [1.29, 1.82) is 0 Å². The summed E-state index contributed by atoms with van der Waals surface area (Å²) in [6, 6.07) is 3.41. The summed E-state index contributed by atoms with van der Waals surface area (Å²) in [7, 11) is -3.80. The van der Waals surface area contributed by atoms with E-state index in [1.807, 2.05) is 0 Å². The number of rotatable bonds is 5. The number of nitro groups is 1. The average Bonchev–Trinajstić information content (AvgIpc) is 2.46. The zero-order valence-electron chi connectivity index (χ0n) is 11.1. The maximum absolute atomic E-state index is 12.1. The summed E-state index contributed by atoms with van der Waals surface area (Å²) in [5.74, 6) is 0.121. The molecule has 1 heterocycles. The molecule has 7 nitrogen and oxygen atoms in total. The summed E-state index contributed by atoms with van der Waals surface area (Å²) in [6.07, 6.45) is 1.79. The second-order valence-electron chi connectivity index (χ2n) is 4.81. The van der Waals surface area contributed by atoms with Crippen LogP contribution in [0, 0.1) is 16.0 Å². The van der Waals surface area contributed by atoms with E-state index in [9.17, 15) is 18.5 Å². The number of sulfonamides is 1. The second kappa shape index (κ2) is 6.69. The first-order chi connectivity index (χ1) is 9.90. The highest BCUT2D eigenvalue weighted by molar-refractivity contribution is 7.89. The molecule has 0 saturated carbocycles. The summed E-state index contributed by atoms with van der Waals surface area (Å²) in [4.78, 5) is 9.91. The Kier molecular flexibility index (Phi) is 5.15. The van der Waals surface area contributed by atoms with E-state index in [0.29, 0.717) is 13.2 Å². The first-order valence-electron chi connectivity index (χ1n) is 6.41. The third kappa shape index (κ3) is 4.13. The highest BCUT2D eigenvalue weighted by atomic mass is 35.5. The van der Waals surface area contributed by atoms with E-state index in [2.05, 4.69) is 4.72 Å². The molecule has 1 fully saturated rings. The van der Waals surface area contributed by atoms with Crippen molar-refractivity contribution in [2.45, 2.75) is 17.7 Å². The molecule has 2 rings (SSSR count). The van der Waals surface area contributed by atoms with Crippen LogP contribution in [0.1, 0.15) is 12.8 Å². The highest BCUT2D eigenvalue weighted by Gasteiger charge is 2.22. The molecule has 0 bridgehead atoms. The van der Waals surface area contributed by atoms with E-state index in [1.165, 1.54) is 12.1 Å². The first-order valence-corrected chi connectivity index (χ1v) is 8.27. The van der Waals surface area contributed by atoms with Crippen LogP contribution < -0.4 is 4.72 Å². The Labute approximate surface area is 127 Å². The number of halogens is 1. The quantitative estimate of drug-likeness (QED) is 0.655. The zero-order chi connectivity index (χ0) is 15.5. The number of benzene rings is 1. The van der Waals surface area contributed by atoms with Crippen LogP contribution in [0.3, 0.4) is 0 Å². The van der Waals surface area contributed by atoms with Crippen molar-refractivity contribution in [3.63, 3.8) is 0 Å². The van der Waals surface area contributed by atoms with Crippen LogP contribution in [0.5, 0.6) is 0 Å². The molecule has 0 radical (unpaired) electrons. The second-order valence-corrected chi connectivity index (χ2v) is 6.98. The summed E-state index contributed by atoms with van der Waals surface area (Å²) in [5, 5.41) is 10.7. The van der Waals surface area contributed by atoms with Gasteiger partial charge in [-0.1, -0.05) is 11.6 Å². The van der Waals surface area contributed by atoms with Crippen molar-refractivity contribution in [1.82, 2.24) is 4.72 Å². The number of hydrogen-bond acceptors (Lipinski definition) is 5. The van der Waals surface area contributed by atoms with Crippen LogP contribution >= 0.6 is 11.6 Å². The lowest BCUT2D eigenvalue weighted by Gasteiger charge is -2.22. The number of nitrogens with one attached hydrogen (secondary N) is 1. The molecule has 21 heavy (non-hydrogen) atoms. The topological polar surface area (TPSA) is 98.5 Å². The Morgan fingerprint density at radius 2 is 2.24 bits per heavy atom. The lowest BCUT2D eigenvalue weighted by Crippen LogP contribution is -2.33. The fraction of sp³-hybridized carbons (Fsp3) is 0.500. The molecular formula is C12H15ClN2O5S. The zero-order valence-corrected chi connectivity index (χ0v) is 12.7. The van der Waals surface area contributed by atoms with Gasteiger partial charge in [0.2, 0.25) is 10.0 Å². The molecule has 1 aliphatic rings. The lowest BCUT2D eigenvalue weighted by atomic mass is 10.0. The van der Waals surface area contributed by atoms with E-state index in [4.69, 9.17) is 16.3 Å². The molecule has 0 amide bonds. The SMILES string of the molecule is O=[N+]([O-])c1cc(S(=O)(=O)NCC2CCCOC2)ccc1Cl. The van der Waals surface area contributed by atoms with Crippen molar-refractivity contribution >= 4 is 27.3 Å². The third-order valence-corrected chi connectivity index (χ3v) is 4.98. The van der Waals surface area contributed by atoms with Gasteiger partial charge >= 0.3 is 0 Å². The van der Waals surface area contributed by atoms with Crippen LogP contribution in [0.25, 0.3) is 0 Å². The van der Waals surface area contributed by atoms with E-state index >= 15 is 0 Å². The Hall–Kier alpha value is -1.22. The fourth-order valence-electron chi connectivity index (χ4n) is 2.08. The Balaban J connectivity index is 2.11. The Morgan fingerprint density at radius 3 is 2.86 bits per heavy atom. The fourth-order valence-corrected chi connectivity index (χ4v) is 3.40. The van der Waals surface area contributed by atoms with Crippen LogP contribution in [0.4, 0.5) is 5.69 Å². The van der Waals surface area contributed by atoms with E-state index in [-0.39, 0.29) is 22.4 Å². The largest absolute Gasteiger partial charge is 0.381 e. The van der Waals surface area contributed by atoms with E-state index in [0.717, 1.165) is 18.9 Å². The molecule has 1 saturated heterocycles. The van der Waals surface area contributed by atoms with Gasteiger partial charge in [0, 0.05) is 19.2 Å². The molecule has 1 aliphatic heterocycles. The number of hydrogen-bond donors (Lipinski definition) is 1. The highest BCUT2D eigenvalue weighted by Crippen LogP contribution is 2.27. The third-order valence-electron chi connectivity index (χ3n) is 3.24. The van der Waals surface area contributed by atoms with Crippen LogP contribution in [0.2, 0.25) is 5.02 Å². The van der Waals surface area contributed by atoms with Gasteiger partial charge in [0.1, 0.15) is 5.02 Å². The number of ether oxygens (including phenoxy) is 1. The minimum Gasteiger partial charge on any atom is -0.381 e. The van der Waals surface area contributed by atoms with Crippen molar-refractivity contribution in [2.75, 3.05) is 19.8 Å². The van der Waals surface area contributed by atoms with Gasteiger partial charge in [0.15, 0.2) is 0 Å². The molecule has 0 spiro atoms. The first kappa shape index (κ1) is 16.2. The molecule has 1 aromatic rings. The summed E-state index contributed by atoms with van der Waals surface area (Å²) < 4.78 is 32.0. The minimum absolute atomic E-state index is 0.0976. The lowest BCUT2D eigenvalue weighted by molar-refractivity contribution is -0.384. The Bertz CT molecular complexity index is 629. The van der Waals surface area contributed by atoms with E-state index < -0.39 is 20.6 Å². The van der Waals surface area contributed by atoms with Gasteiger partial charge in [0.25, 0.3) is 5.69 Å². The number of nitrogens with zero attached hydrogens (tertiary/aromatic N) is 1. The molecule has 1 N–H and O–H groups in total. The minimum atomic E-state index is -3.80. The molecule has 1 aromatic carbocycles. The molecule has 9 heteroatoms. The van der Waals surface area contributed by atoms with Gasteiger partial charge in [-0.15, -0.1) is 0 Å². The van der Waals surface area contributed by atoms with Gasteiger partial charge < -0.3 is 4.74 Å². The monoisotopic (exact) mass is 334 g/mol. The molecule has 0 aromatic heterocycles. The van der Waals surface area contributed by atoms with Crippen LogP contribution in [-0.2, 0) is 14.8 Å². The van der Waals surface area contributed by atoms with Crippen LogP contribution in [-0.4, -0.2) is 33.1 Å². The predicted molar refractivity (Wildman–Crippen MR) is 76.8 cm³/mol. The van der Waals surface area contributed by atoms with Crippen molar-refractivity contribution < 1.29 is 18.1 Å². The van der Waals surface area contributed by atoms with Gasteiger partial charge in [0.05, 0.1) is 16.4 Å². The van der Waals surface area contributed by atoms with Crippen molar-refractivity contribution in [2.24, 2.45) is 5.92 Å². The smallest absolute Gasteiger partial charge is 0.289 e. The normalized spacial score (nSPS) is 19.4. The van der Waals surface area contributed by atoms with E-state index in [1.54, 1.807) is 0 Å². The maximum atomic E-state index is 12.1. The molecular weight excluding hydrogens is 320 g/mol.